The Morgan fingerprint density at radius 1 is 0.824 bits per heavy atom. The zero-order chi connectivity index (χ0) is 12.8. The second-order valence-electron chi connectivity index (χ2n) is 5.19. The van der Waals surface area contributed by atoms with Crippen molar-refractivity contribution in [1.82, 2.24) is 5.32 Å². The maximum Gasteiger partial charge on any atom is 0.0374 e. The monoisotopic (exact) mass is 261 g/mol. The number of halogens is 1. The van der Waals surface area contributed by atoms with Crippen molar-refractivity contribution in [3.63, 3.8) is 0 Å². The van der Waals surface area contributed by atoms with Crippen molar-refractivity contribution in [2.75, 3.05) is 12.4 Å². The molecule has 0 aliphatic rings. The van der Waals surface area contributed by atoms with Crippen LogP contribution < -0.4 is 5.32 Å². The molecule has 0 saturated heterocycles. The van der Waals surface area contributed by atoms with Gasteiger partial charge in [0.15, 0.2) is 0 Å². The number of unbranched alkanes of at least 4 members (excludes halogenated alkanes) is 9. The Morgan fingerprint density at radius 3 is 1.76 bits per heavy atom. The van der Waals surface area contributed by atoms with Crippen molar-refractivity contribution in [3.8, 4) is 0 Å². The van der Waals surface area contributed by atoms with Gasteiger partial charge in [0.05, 0.1) is 0 Å². The molecule has 0 aliphatic heterocycles. The fraction of sp³-hybridized carbons (Fsp3) is 1.00. The van der Waals surface area contributed by atoms with Crippen LogP contribution in [0.3, 0.4) is 0 Å². The van der Waals surface area contributed by atoms with Gasteiger partial charge in [0.25, 0.3) is 0 Å². The zero-order valence-corrected chi connectivity index (χ0v) is 12.7. The van der Waals surface area contributed by atoms with Crippen LogP contribution in [-0.4, -0.2) is 18.5 Å². The SMILES string of the molecule is CCCCCCCCCCCCNC(C)CCl. The average molecular weight is 262 g/mol. The lowest BCUT2D eigenvalue weighted by molar-refractivity contribution is 0.525. The van der Waals surface area contributed by atoms with Crippen LogP contribution in [0.15, 0.2) is 0 Å². The third-order valence-corrected chi connectivity index (χ3v) is 3.72. The molecule has 0 bridgehead atoms. The van der Waals surface area contributed by atoms with Crippen LogP contribution in [0.5, 0.6) is 0 Å². The van der Waals surface area contributed by atoms with Crippen LogP contribution in [0.2, 0.25) is 0 Å². The van der Waals surface area contributed by atoms with Crippen LogP contribution >= 0.6 is 11.6 Å². The van der Waals surface area contributed by atoms with Gasteiger partial charge in [0, 0.05) is 11.9 Å². The van der Waals surface area contributed by atoms with Crippen LogP contribution in [0.4, 0.5) is 0 Å². The highest BCUT2D eigenvalue weighted by Crippen LogP contribution is 2.10. The van der Waals surface area contributed by atoms with Crippen molar-refractivity contribution in [2.24, 2.45) is 0 Å². The largest absolute Gasteiger partial charge is 0.313 e. The van der Waals surface area contributed by atoms with E-state index in [0.29, 0.717) is 6.04 Å². The van der Waals surface area contributed by atoms with Crippen LogP contribution in [0.1, 0.15) is 78.1 Å². The predicted molar refractivity (Wildman–Crippen MR) is 80.0 cm³/mol. The molecule has 0 amide bonds. The highest BCUT2D eigenvalue weighted by atomic mass is 35.5. The number of hydrogen-bond donors (Lipinski definition) is 1. The van der Waals surface area contributed by atoms with Crippen molar-refractivity contribution >= 4 is 11.6 Å². The number of rotatable bonds is 13. The normalized spacial score (nSPS) is 12.9. The lowest BCUT2D eigenvalue weighted by Crippen LogP contribution is -2.28. The molecule has 0 saturated carbocycles. The van der Waals surface area contributed by atoms with E-state index in [1.54, 1.807) is 0 Å². The van der Waals surface area contributed by atoms with E-state index in [4.69, 9.17) is 11.6 Å². The maximum atomic E-state index is 5.72. The number of alkyl halides is 1. The summed E-state index contributed by atoms with van der Waals surface area (Å²) in [4.78, 5) is 0. The molecule has 0 rings (SSSR count). The Balaban J connectivity index is 2.94. The van der Waals surface area contributed by atoms with E-state index in [-0.39, 0.29) is 0 Å². The van der Waals surface area contributed by atoms with Gasteiger partial charge < -0.3 is 5.32 Å². The van der Waals surface area contributed by atoms with E-state index < -0.39 is 0 Å². The van der Waals surface area contributed by atoms with Gasteiger partial charge in [-0.15, -0.1) is 11.6 Å². The van der Waals surface area contributed by atoms with Crippen LogP contribution in [0, 0.1) is 0 Å². The third-order valence-electron chi connectivity index (χ3n) is 3.25. The molecule has 0 radical (unpaired) electrons. The van der Waals surface area contributed by atoms with E-state index in [9.17, 15) is 0 Å². The molecule has 104 valence electrons. The van der Waals surface area contributed by atoms with Crippen molar-refractivity contribution < 1.29 is 0 Å². The van der Waals surface area contributed by atoms with Gasteiger partial charge in [0.2, 0.25) is 0 Å². The summed E-state index contributed by atoms with van der Waals surface area (Å²) in [6.07, 6.45) is 14.1. The summed E-state index contributed by atoms with van der Waals surface area (Å²) in [5.41, 5.74) is 0. The highest BCUT2D eigenvalue weighted by molar-refractivity contribution is 6.18. The summed E-state index contributed by atoms with van der Waals surface area (Å²) >= 11 is 5.72. The summed E-state index contributed by atoms with van der Waals surface area (Å²) in [5.74, 6) is 0.720. The summed E-state index contributed by atoms with van der Waals surface area (Å²) in [7, 11) is 0. The van der Waals surface area contributed by atoms with E-state index in [0.717, 1.165) is 12.4 Å². The molecule has 17 heavy (non-hydrogen) atoms. The summed E-state index contributed by atoms with van der Waals surface area (Å²) < 4.78 is 0. The molecule has 2 heteroatoms. The van der Waals surface area contributed by atoms with E-state index in [1.165, 1.54) is 64.2 Å². The Hall–Kier alpha value is 0.250. The van der Waals surface area contributed by atoms with Gasteiger partial charge >= 0.3 is 0 Å². The lowest BCUT2D eigenvalue weighted by Gasteiger charge is -2.09. The van der Waals surface area contributed by atoms with Gasteiger partial charge in [-0.25, -0.2) is 0 Å². The third kappa shape index (κ3) is 14.2. The zero-order valence-electron chi connectivity index (χ0n) is 11.9. The predicted octanol–water partition coefficient (Wildman–Crippen LogP) is 5.12. The molecule has 1 unspecified atom stereocenters. The summed E-state index contributed by atoms with van der Waals surface area (Å²) in [6, 6.07) is 0.468. The van der Waals surface area contributed by atoms with Gasteiger partial charge in [-0.1, -0.05) is 64.7 Å². The van der Waals surface area contributed by atoms with E-state index >= 15 is 0 Å². The Labute approximate surface area is 114 Å². The minimum atomic E-state index is 0.468. The molecule has 0 heterocycles. The highest BCUT2D eigenvalue weighted by Gasteiger charge is 1.97. The molecule has 0 aromatic heterocycles. The second kappa shape index (κ2) is 14.3. The Bertz CT molecular complexity index is 139. The molecule has 1 atom stereocenters. The lowest BCUT2D eigenvalue weighted by atomic mass is 10.1. The molecule has 0 aliphatic carbocycles. The summed E-state index contributed by atoms with van der Waals surface area (Å²) in [5, 5.41) is 3.43. The maximum absolute atomic E-state index is 5.72. The van der Waals surface area contributed by atoms with Gasteiger partial charge in [0.1, 0.15) is 0 Å². The van der Waals surface area contributed by atoms with Gasteiger partial charge in [-0.3, -0.25) is 0 Å². The molecule has 1 nitrogen and oxygen atoms in total. The first kappa shape index (κ1) is 17.2. The van der Waals surface area contributed by atoms with Crippen molar-refractivity contribution in [3.05, 3.63) is 0 Å². The smallest absolute Gasteiger partial charge is 0.0374 e. The standard InChI is InChI=1S/C15H32ClN/c1-3-4-5-6-7-8-9-10-11-12-13-17-15(2)14-16/h15,17H,3-14H2,1-2H3. The van der Waals surface area contributed by atoms with E-state index in [1.807, 2.05) is 0 Å². The first-order valence-electron chi connectivity index (χ1n) is 7.60. The first-order chi connectivity index (χ1) is 8.31. The van der Waals surface area contributed by atoms with Gasteiger partial charge in [-0.05, 0) is 19.9 Å². The van der Waals surface area contributed by atoms with Crippen LogP contribution in [0.25, 0.3) is 0 Å². The van der Waals surface area contributed by atoms with Crippen LogP contribution in [-0.2, 0) is 0 Å². The van der Waals surface area contributed by atoms with Gasteiger partial charge in [-0.2, -0.15) is 0 Å². The number of nitrogens with one attached hydrogen (secondary N) is 1. The van der Waals surface area contributed by atoms with Crippen molar-refractivity contribution in [1.29, 1.82) is 0 Å². The molecule has 0 spiro atoms. The molecular formula is C15H32ClN. The molecule has 1 N–H and O–H groups in total. The fourth-order valence-corrected chi connectivity index (χ4v) is 2.12. The minimum Gasteiger partial charge on any atom is -0.313 e. The molecule has 0 fully saturated rings. The average Bonchev–Trinajstić information content (AvgIpc) is 2.35. The Morgan fingerprint density at radius 2 is 1.29 bits per heavy atom. The fourth-order valence-electron chi connectivity index (χ4n) is 2.02. The first-order valence-corrected chi connectivity index (χ1v) is 8.14. The molecule has 0 aromatic rings. The Kier molecular flexibility index (Phi) is 14.5. The number of hydrogen-bond acceptors (Lipinski definition) is 1. The quantitative estimate of drug-likeness (QED) is 0.358. The second-order valence-corrected chi connectivity index (χ2v) is 5.50. The minimum absolute atomic E-state index is 0.468. The molecule has 0 aromatic carbocycles. The van der Waals surface area contributed by atoms with Crippen molar-refractivity contribution in [2.45, 2.75) is 84.1 Å². The van der Waals surface area contributed by atoms with E-state index in [2.05, 4.69) is 19.2 Å². The molecular weight excluding hydrogens is 230 g/mol. The summed E-state index contributed by atoms with van der Waals surface area (Å²) in [6.45, 7) is 5.55. The topological polar surface area (TPSA) is 12.0 Å².